The molecule has 0 unspecified atom stereocenters. The van der Waals surface area contributed by atoms with Gasteiger partial charge in [0, 0.05) is 29.0 Å². The van der Waals surface area contributed by atoms with Gasteiger partial charge in [0.05, 0.1) is 24.1 Å². The zero-order valence-electron chi connectivity index (χ0n) is 17.4. The van der Waals surface area contributed by atoms with Crippen molar-refractivity contribution in [2.75, 3.05) is 17.1 Å². The highest BCUT2D eigenvalue weighted by atomic mass is 32.2. The first kappa shape index (κ1) is 22.4. The molecule has 0 spiro atoms. The molecule has 0 atom stereocenters. The Bertz CT molecular complexity index is 1340. The minimum Gasteiger partial charge on any atom is -0.497 e. The van der Waals surface area contributed by atoms with Crippen molar-refractivity contribution < 1.29 is 17.9 Å². The van der Waals surface area contributed by atoms with Gasteiger partial charge in [-0.1, -0.05) is 0 Å². The number of anilines is 2. The van der Waals surface area contributed by atoms with Gasteiger partial charge in [-0.3, -0.25) is 4.79 Å². The third-order valence-corrected chi connectivity index (χ3v) is 6.75. The SMILES string of the molecule is COc1ccc(-c2nc(CC(=O)Nc3ccc(S(=O)(=O)Nc4ncccn4)cc3)cs2)cc1. The third kappa shape index (κ3) is 5.70. The van der Waals surface area contributed by atoms with E-state index in [9.17, 15) is 13.2 Å². The Hall–Kier alpha value is -3.83. The number of aromatic nitrogens is 3. The topological polar surface area (TPSA) is 123 Å². The van der Waals surface area contributed by atoms with Crippen LogP contribution >= 0.6 is 11.3 Å². The van der Waals surface area contributed by atoms with E-state index in [0.717, 1.165) is 16.3 Å². The molecule has 0 aliphatic carbocycles. The second-order valence-corrected chi connectivity index (χ2v) is 9.34. The second-order valence-electron chi connectivity index (χ2n) is 6.80. The van der Waals surface area contributed by atoms with Crippen LogP contribution in [-0.4, -0.2) is 36.4 Å². The number of hydrogen-bond acceptors (Lipinski definition) is 8. The van der Waals surface area contributed by atoms with Crippen LogP contribution in [0.25, 0.3) is 10.6 Å². The van der Waals surface area contributed by atoms with E-state index in [4.69, 9.17) is 4.74 Å². The van der Waals surface area contributed by atoms with Crippen LogP contribution in [0.15, 0.2) is 77.3 Å². The Balaban J connectivity index is 1.36. The van der Waals surface area contributed by atoms with Crippen LogP contribution in [0.4, 0.5) is 11.6 Å². The zero-order chi connectivity index (χ0) is 23.3. The molecule has 9 nitrogen and oxygen atoms in total. The summed E-state index contributed by atoms with van der Waals surface area (Å²) in [6.45, 7) is 0. The van der Waals surface area contributed by atoms with Gasteiger partial charge in [0.2, 0.25) is 11.9 Å². The maximum absolute atomic E-state index is 12.4. The summed E-state index contributed by atoms with van der Waals surface area (Å²) in [5.41, 5.74) is 2.06. The summed E-state index contributed by atoms with van der Waals surface area (Å²) in [7, 11) is -2.23. The van der Waals surface area contributed by atoms with Crippen molar-refractivity contribution in [3.8, 4) is 16.3 Å². The molecule has 2 N–H and O–H groups in total. The van der Waals surface area contributed by atoms with Gasteiger partial charge in [0.1, 0.15) is 10.8 Å². The highest BCUT2D eigenvalue weighted by Crippen LogP contribution is 2.26. The quantitative estimate of drug-likeness (QED) is 0.394. The molecule has 0 bridgehead atoms. The molecule has 0 radical (unpaired) electrons. The Labute approximate surface area is 194 Å². The molecule has 33 heavy (non-hydrogen) atoms. The van der Waals surface area contributed by atoms with Crippen LogP contribution in [0.3, 0.4) is 0 Å². The number of carbonyl (C=O) groups excluding carboxylic acids is 1. The van der Waals surface area contributed by atoms with E-state index in [0.29, 0.717) is 11.4 Å². The summed E-state index contributed by atoms with van der Waals surface area (Å²) in [5.74, 6) is 0.484. The number of sulfonamides is 1. The normalized spacial score (nSPS) is 11.1. The molecule has 4 aromatic rings. The largest absolute Gasteiger partial charge is 0.497 e. The summed E-state index contributed by atoms with van der Waals surface area (Å²) in [6, 6.07) is 14.9. The lowest BCUT2D eigenvalue weighted by atomic mass is 10.2. The first-order chi connectivity index (χ1) is 15.9. The lowest BCUT2D eigenvalue weighted by Crippen LogP contribution is -2.16. The first-order valence-electron chi connectivity index (χ1n) is 9.71. The van der Waals surface area contributed by atoms with Crippen LogP contribution in [0.5, 0.6) is 5.75 Å². The molecule has 4 rings (SSSR count). The number of hydrogen-bond donors (Lipinski definition) is 2. The van der Waals surface area contributed by atoms with Gasteiger partial charge in [-0.25, -0.2) is 28.1 Å². The van der Waals surface area contributed by atoms with Crippen molar-refractivity contribution in [2.45, 2.75) is 11.3 Å². The fraction of sp³-hybridized carbons (Fsp3) is 0.0909. The summed E-state index contributed by atoms with van der Waals surface area (Å²) >= 11 is 1.45. The van der Waals surface area contributed by atoms with Crippen molar-refractivity contribution in [2.24, 2.45) is 0 Å². The average Bonchev–Trinajstić information content (AvgIpc) is 3.28. The number of nitrogens with zero attached hydrogens (tertiary/aromatic N) is 3. The summed E-state index contributed by atoms with van der Waals surface area (Å²) < 4.78 is 32.3. The molecule has 0 saturated heterocycles. The fourth-order valence-electron chi connectivity index (χ4n) is 2.87. The second kappa shape index (κ2) is 9.76. The lowest BCUT2D eigenvalue weighted by Gasteiger charge is -2.08. The molecule has 0 fully saturated rings. The molecule has 11 heteroatoms. The Morgan fingerprint density at radius 1 is 1.03 bits per heavy atom. The van der Waals surface area contributed by atoms with Gasteiger partial charge in [-0.15, -0.1) is 11.3 Å². The predicted octanol–water partition coefficient (Wildman–Crippen LogP) is 3.59. The first-order valence-corrected chi connectivity index (χ1v) is 12.1. The molecule has 2 aromatic carbocycles. The summed E-state index contributed by atoms with van der Waals surface area (Å²) in [4.78, 5) is 24.7. The molecule has 2 aromatic heterocycles. The minimum absolute atomic E-state index is 0.0212. The number of thiazole rings is 1. The van der Waals surface area contributed by atoms with Crippen LogP contribution in [-0.2, 0) is 21.2 Å². The predicted molar refractivity (Wildman–Crippen MR) is 126 cm³/mol. The number of rotatable bonds is 8. The van der Waals surface area contributed by atoms with Crippen molar-refractivity contribution in [3.05, 3.63) is 78.1 Å². The van der Waals surface area contributed by atoms with Crippen LogP contribution in [0, 0.1) is 0 Å². The molecular weight excluding hydrogens is 462 g/mol. The zero-order valence-corrected chi connectivity index (χ0v) is 19.1. The maximum atomic E-state index is 12.4. The summed E-state index contributed by atoms with van der Waals surface area (Å²) in [6.07, 6.45) is 2.97. The van der Waals surface area contributed by atoms with Gasteiger partial charge >= 0.3 is 0 Å². The standard InChI is InChI=1S/C22H19N5O4S2/c1-31-18-7-3-15(4-8-18)21-26-17(14-32-21)13-20(28)25-16-5-9-19(10-6-16)33(29,30)27-22-23-11-2-12-24-22/h2-12,14H,13H2,1H3,(H,25,28)(H,23,24,27). The number of carbonyl (C=O) groups is 1. The Morgan fingerprint density at radius 2 is 1.73 bits per heavy atom. The van der Waals surface area contributed by atoms with Crippen LogP contribution in [0.2, 0.25) is 0 Å². The molecule has 0 saturated carbocycles. The maximum Gasteiger partial charge on any atom is 0.264 e. The molecule has 1 amide bonds. The molecule has 168 valence electrons. The highest BCUT2D eigenvalue weighted by molar-refractivity contribution is 7.92. The fourth-order valence-corrected chi connectivity index (χ4v) is 4.66. The number of amides is 1. The van der Waals surface area contributed by atoms with Crippen molar-refractivity contribution in [1.29, 1.82) is 0 Å². The van der Waals surface area contributed by atoms with Crippen LogP contribution in [0.1, 0.15) is 5.69 Å². The summed E-state index contributed by atoms with van der Waals surface area (Å²) in [5, 5.41) is 5.40. The van der Waals surface area contributed by atoms with E-state index in [1.165, 1.54) is 48.0 Å². The van der Waals surface area contributed by atoms with Crippen molar-refractivity contribution in [1.82, 2.24) is 15.0 Å². The van der Waals surface area contributed by atoms with E-state index < -0.39 is 10.0 Å². The monoisotopic (exact) mass is 481 g/mol. The van der Waals surface area contributed by atoms with Gasteiger partial charge in [0.25, 0.3) is 10.0 Å². The number of methoxy groups -OCH3 is 1. The van der Waals surface area contributed by atoms with Gasteiger partial charge in [0.15, 0.2) is 0 Å². The lowest BCUT2D eigenvalue weighted by molar-refractivity contribution is -0.115. The molecule has 0 aliphatic rings. The van der Waals surface area contributed by atoms with Gasteiger partial charge < -0.3 is 10.1 Å². The molecular formula is C22H19N5O4S2. The van der Waals surface area contributed by atoms with E-state index in [1.807, 2.05) is 29.6 Å². The van der Waals surface area contributed by atoms with Crippen molar-refractivity contribution in [3.63, 3.8) is 0 Å². The number of ether oxygens (including phenoxy) is 1. The third-order valence-electron chi connectivity index (χ3n) is 4.47. The number of benzene rings is 2. The highest BCUT2D eigenvalue weighted by Gasteiger charge is 2.16. The smallest absolute Gasteiger partial charge is 0.264 e. The number of nitrogens with one attached hydrogen (secondary N) is 2. The van der Waals surface area contributed by atoms with E-state index in [1.54, 1.807) is 13.2 Å². The van der Waals surface area contributed by atoms with Crippen LogP contribution < -0.4 is 14.8 Å². The van der Waals surface area contributed by atoms with E-state index in [2.05, 4.69) is 25.0 Å². The Morgan fingerprint density at radius 3 is 2.39 bits per heavy atom. The van der Waals surface area contributed by atoms with Crippen molar-refractivity contribution >= 4 is 38.9 Å². The Kier molecular flexibility index (Phi) is 6.61. The van der Waals surface area contributed by atoms with Gasteiger partial charge in [-0.05, 0) is 54.6 Å². The molecule has 0 aliphatic heterocycles. The van der Waals surface area contributed by atoms with E-state index in [-0.39, 0.29) is 23.2 Å². The average molecular weight is 482 g/mol. The molecule has 2 heterocycles. The minimum atomic E-state index is -3.84. The van der Waals surface area contributed by atoms with E-state index >= 15 is 0 Å². The van der Waals surface area contributed by atoms with Gasteiger partial charge in [-0.2, -0.15) is 0 Å².